The minimum absolute atomic E-state index is 0.0963. The lowest BCUT2D eigenvalue weighted by molar-refractivity contribution is 0.102. The van der Waals surface area contributed by atoms with Gasteiger partial charge in [-0.15, -0.1) is 0 Å². The summed E-state index contributed by atoms with van der Waals surface area (Å²) in [5.74, 6) is -0.0963. The highest BCUT2D eigenvalue weighted by Gasteiger charge is 2.09. The van der Waals surface area contributed by atoms with Crippen LogP contribution in [-0.4, -0.2) is 10.5 Å². The Hall–Kier alpha value is -2.81. The highest BCUT2D eigenvalue weighted by molar-refractivity contribution is 6.05. The van der Waals surface area contributed by atoms with Crippen molar-refractivity contribution in [1.82, 2.24) is 4.57 Å². The lowest BCUT2D eigenvalue weighted by Gasteiger charge is -2.10. The van der Waals surface area contributed by atoms with Gasteiger partial charge in [-0.1, -0.05) is 23.8 Å². The molecule has 0 bridgehead atoms. The Labute approximate surface area is 130 Å². The molecule has 0 saturated carbocycles. The first-order chi connectivity index (χ1) is 10.6. The van der Waals surface area contributed by atoms with Gasteiger partial charge < -0.3 is 9.88 Å². The summed E-state index contributed by atoms with van der Waals surface area (Å²) < 4.78 is 1.98. The van der Waals surface area contributed by atoms with Crippen molar-refractivity contribution in [1.29, 1.82) is 0 Å². The van der Waals surface area contributed by atoms with Crippen LogP contribution in [0.4, 0.5) is 5.69 Å². The van der Waals surface area contributed by atoms with Crippen molar-refractivity contribution in [3.63, 3.8) is 0 Å². The predicted molar refractivity (Wildman–Crippen MR) is 89.6 cm³/mol. The van der Waals surface area contributed by atoms with Gasteiger partial charge in [-0.2, -0.15) is 0 Å². The molecule has 0 saturated heterocycles. The number of benzene rings is 2. The van der Waals surface area contributed by atoms with Crippen LogP contribution in [0.1, 0.15) is 21.5 Å². The molecule has 0 spiro atoms. The summed E-state index contributed by atoms with van der Waals surface area (Å²) in [5, 5.41) is 2.98. The van der Waals surface area contributed by atoms with Gasteiger partial charge in [0.15, 0.2) is 0 Å². The molecule has 0 aliphatic rings. The van der Waals surface area contributed by atoms with Crippen LogP contribution in [0.25, 0.3) is 5.69 Å². The van der Waals surface area contributed by atoms with E-state index in [9.17, 15) is 4.79 Å². The van der Waals surface area contributed by atoms with Crippen LogP contribution in [0.2, 0.25) is 0 Å². The molecule has 0 atom stereocenters. The van der Waals surface area contributed by atoms with E-state index in [4.69, 9.17) is 0 Å². The first-order valence-electron chi connectivity index (χ1n) is 7.25. The predicted octanol–water partition coefficient (Wildman–Crippen LogP) is 4.35. The van der Waals surface area contributed by atoms with Gasteiger partial charge in [0.1, 0.15) is 0 Å². The number of hydrogen-bond donors (Lipinski definition) is 1. The van der Waals surface area contributed by atoms with Gasteiger partial charge in [-0.25, -0.2) is 0 Å². The molecule has 22 heavy (non-hydrogen) atoms. The summed E-state index contributed by atoms with van der Waals surface area (Å²) in [6.07, 6.45) is 3.92. The van der Waals surface area contributed by atoms with E-state index in [-0.39, 0.29) is 5.91 Å². The van der Waals surface area contributed by atoms with Crippen LogP contribution in [0.5, 0.6) is 0 Å². The van der Waals surface area contributed by atoms with Gasteiger partial charge in [-0.3, -0.25) is 4.79 Å². The molecule has 0 fully saturated rings. The van der Waals surface area contributed by atoms with Crippen molar-refractivity contribution in [3.8, 4) is 5.69 Å². The molecule has 2 aromatic carbocycles. The normalized spacial score (nSPS) is 10.5. The number of carbonyl (C=O) groups is 1. The van der Waals surface area contributed by atoms with E-state index in [0.29, 0.717) is 5.56 Å². The highest BCUT2D eigenvalue weighted by atomic mass is 16.1. The minimum atomic E-state index is -0.0963. The number of nitrogens with one attached hydrogen (secondary N) is 1. The number of aryl methyl sites for hydroxylation is 2. The Kier molecular flexibility index (Phi) is 3.79. The fourth-order valence-corrected chi connectivity index (χ4v) is 2.46. The summed E-state index contributed by atoms with van der Waals surface area (Å²) in [7, 11) is 0. The number of rotatable bonds is 3. The second kappa shape index (κ2) is 5.90. The maximum atomic E-state index is 12.5. The fourth-order valence-electron chi connectivity index (χ4n) is 2.46. The van der Waals surface area contributed by atoms with Crippen LogP contribution in [0.15, 0.2) is 67.0 Å². The van der Waals surface area contributed by atoms with Gasteiger partial charge in [0.05, 0.1) is 0 Å². The molecule has 3 rings (SSSR count). The molecular formula is C19H18N2O. The quantitative estimate of drug-likeness (QED) is 0.764. The number of hydrogen-bond acceptors (Lipinski definition) is 1. The zero-order valence-corrected chi connectivity index (χ0v) is 12.7. The number of amides is 1. The van der Waals surface area contributed by atoms with Gasteiger partial charge in [0.25, 0.3) is 5.91 Å². The van der Waals surface area contributed by atoms with Crippen LogP contribution in [0, 0.1) is 13.8 Å². The van der Waals surface area contributed by atoms with Gasteiger partial charge in [-0.05, 0) is 55.8 Å². The van der Waals surface area contributed by atoms with Crippen LogP contribution in [-0.2, 0) is 0 Å². The van der Waals surface area contributed by atoms with E-state index in [1.807, 2.05) is 79.3 Å². The molecule has 3 aromatic rings. The average molecular weight is 290 g/mol. The monoisotopic (exact) mass is 290 g/mol. The molecule has 0 aliphatic carbocycles. The maximum absolute atomic E-state index is 12.5. The summed E-state index contributed by atoms with van der Waals surface area (Å²) in [4.78, 5) is 12.5. The molecule has 0 radical (unpaired) electrons. The number of anilines is 1. The Morgan fingerprint density at radius 1 is 0.955 bits per heavy atom. The summed E-state index contributed by atoms with van der Waals surface area (Å²) >= 11 is 0. The molecular weight excluding hydrogens is 272 g/mol. The van der Waals surface area contributed by atoms with E-state index in [1.54, 1.807) is 0 Å². The topological polar surface area (TPSA) is 34.0 Å². The summed E-state index contributed by atoms with van der Waals surface area (Å²) in [5.41, 5.74) is 4.71. The van der Waals surface area contributed by atoms with E-state index >= 15 is 0 Å². The lowest BCUT2D eigenvalue weighted by Crippen LogP contribution is -2.13. The van der Waals surface area contributed by atoms with E-state index < -0.39 is 0 Å². The van der Waals surface area contributed by atoms with Gasteiger partial charge in [0.2, 0.25) is 0 Å². The Morgan fingerprint density at radius 2 is 1.73 bits per heavy atom. The summed E-state index contributed by atoms with van der Waals surface area (Å²) in [6, 6.07) is 17.5. The van der Waals surface area contributed by atoms with E-state index in [0.717, 1.165) is 16.9 Å². The van der Waals surface area contributed by atoms with Crippen molar-refractivity contribution in [2.45, 2.75) is 13.8 Å². The second-order valence-electron chi connectivity index (χ2n) is 5.41. The largest absolute Gasteiger partial charge is 0.324 e. The van der Waals surface area contributed by atoms with Crippen molar-refractivity contribution in [2.75, 3.05) is 5.32 Å². The lowest BCUT2D eigenvalue weighted by atomic mass is 10.1. The smallest absolute Gasteiger partial charge is 0.255 e. The second-order valence-corrected chi connectivity index (χ2v) is 5.41. The Bertz CT molecular complexity index is 804. The number of carbonyl (C=O) groups excluding carboxylic acids is 1. The molecule has 1 amide bonds. The van der Waals surface area contributed by atoms with E-state index in [2.05, 4.69) is 11.4 Å². The highest BCUT2D eigenvalue weighted by Crippen LogP contribution is 2.18. The third-order valence-corrected chi connectivity index (χ3v) is 3.64. The molecule has 1 aromatic heterocycles. The maximum Gasteiger partial charge on any atom is 0.255 e. The first-order valence-corrected chi connectivity index (χ1v) is 7.25. The molecule has 3 heteroatoms. The van der Waals surface area contributed by atoms with Gasteiger partial charge >= 0.3 is 0 Å². The van der Waals surface area contributed by atoms with Crippen LogP contribution in [0.3, 0.4) is 0 Å². The number of aromatic nitrogens is 1. The third-order valence-electron chi connectivity index (χ3n) is 3.64. The third kappa shape index (κ3) is 2.93. The molecule has 1 heterocycles. The first kappa shape index (κ1) is 14.1. The van der Waals surface area contributed by atoms with Gasteiger partial charge in [0, 0.05) is 29.3 Å². The zero-order chi connectivity index (χ0) is 15.5. The van der Waals surface area contributed by atoms with Crippen LogP contribution >= 0.6 is 0 Å². The van der Waals surface area contributed by atoms with Crippen molar-refractivity contribution in [3.05, 3.63) is 83.7 Å². The molecule has 1 N–H and O–H groups in total. The Balaban J connectivity index is 1.85. The fraction of sp³-hybridized carbons (Fsp3) is 0.105. The average Bonchev–Trinajstić information content (AvgIpc) is 3.04. The molecule has 3 nitrogen and oxygen atoms in total. The molecule has 110 valence electrons. The van der Waals surface area contributed by atoms with Crippen molar-refractivity contribution in [2.24, 2.45) is 0 Å². The van der Waals surface area contributed by atoms with Crippen molar-refractivity contribution >= 4 is 11.6 Å². The molecule has 0 unspecified atom stereocenters. The van der Waals surface area contributed by atoms with Crippen LogP contribution < -0.4 is 5.32 Å². The summed E-state index contributed by atoms with van der Waals surface area (Å²) in [6.45, 7) is 4.04. The zero-order valence-electron chi connectivity index (χ0n) is 12.7. The van der Waals surface area contributed by atoms with Crippen molar-refractivity contribution < 1.29 is 4.79 Å². The molecule has 0 aliphatic heterocycles. The Morgan fingerprint density at radius 3 is 2.45 bits per heavy atom. The number of nitrogens with zero attached hydrogens (tertiary/aromatic N) is 1. The van der Waals surface area contributed by atoms with E-state index in [1.165, 1.54) is 5.56 Å². The minimum Gasteiger partial charge on any atom is -0.324 e. The standard InChI is InChI=1S/C19H18N2O/c1-14-8-9-18(15(2)12-14)20-19(22)16-6-5-7-17(13-16)21-10-3-4-11-21/h3-13H,1-2H3,(H,20,22). The SMILES string of the molecule is Cc1ccc(NC(=O)c2cccc(-n3cccc3)c2)c(C)c1.